The Morgan fingerprint density at radius 1 is 0.929 bits per heavy atom. The minimum absolute atomic E-state index is 0.0758. The third-order valence-electron chi connectivity index (χ3n) is 7.66. The SMILES string of the molecule is C[C@H](OCc1ccccc1)[C@@H](NC(=O)OCC1c2ccccc2-c2ccccc21)C(=O)N1CCN(CC(=O)O)C(=O)C1. The molecule has 2 aliphatic rings. The highest BCUT2D eigenvalue weighted by Gasteiger charge is 2.37. The maximum absolute atomic E-state index is 13.6. The first kappa shape index (κ1) is 28.8. The van der Waals surface area contributed by atoms with E-state index >= 15 is 0 Å². The Labute approximate surface area is 243 Å². The number of hydrogen-bond acceptors (Lipinski definition) is 6. The number of hydrogen-bond donors (Lipinski definition) is 2. The summed E-state index contributed by atoms with van der Waals surface area (Å²) in [6, 6.07) is 24.3. The maximum atomic E-state index is 13.6. The number of alkyl carbamates (subject to hydrolysis) is 1. The topological polar surface area (TPSA) is 125 Å². The van der Waals surface area contributed by atoms with Crippen molar-refractivity contribution >= 4 is 23.9 Å². The lowest BCUT2D eigenvalue weighted by molar-refractivity contribution is -0.152. The first-order chi connectivity index (χ1) is 20.3. The van der Waals surface area contributed by atoms with E-state index in [-0.39, 0.29) is 38.8 Å². The van der Waals surface area contributed by atoms with Gasteiger partial charge in [0.25, 0.3) is 0 Å². The molecule has 0 aromatic heterocycles. The molecule has 1 fully saturated rings. The molecule has 2 atom stereocenters. The summed E-state index contributed by atoms with van der Waals surface area (Å²) >= 11 is 0. The van der Waals surface area contributed by atoms with Gasteiger partial charge in [-0.05, 0) is 34.7 Å². The van der Waals surface area contributed by atoms with Gasteiger partial charge in [-0.2, -0.15) is 0 Å². The minimum Gasteiger partial charge on any atom is -0.480 e. The molecule has 0 spiro atoms. The van der Waals surface area contributed by atoms with Crippen molar-refractivity contribution in [1.82, 2.24) is 15.1 Å². The van der Waals surface area contributed by atoms with Gasteiger partial charge in [0.05, 0.1) is 19.3 Å². The van der Waals surface area contributed by atoms with Crippen molar-refractivity contribution in [2.24, 2.45) is 0 Å². The molecule has 5 rings (SSSR count). The van der Waals surface area contributed by atoms with E-state index in [4.69, 9.17) is 14.6 Å². The zero-order valence-corrected chi connectivity index (χ0v) is 23.3. The van der Waals surface area contributed by atoms with Gasteiger partial charge in [-0.15, -0.1) is 0 Å². The summed E-state index contributed by atoms with van der Waals surface area (Å²) in [6.07, 6.45) is -1.54. The summed E-state index contributed by atoms with van der Waals surface area (Å²) in [5.74, 6) is -2.26. The number of carboxylic acid groups (broad SMARTS) is 1. The second-order valence-electron chi connectivity index (χ2n) is 10.4. The van der Waals surface area contributed by atoms with E-state index in [0.29, 0.717) is 0 Å². The number of fused-ring (bicyclic) bond motifs is 3. The van der Waals surface area contributed by atoms with Crippen molar-refractivity contribution < 1.29 is 33.8 Å². The number of benzene rings is 3. The normalized spacial score (nSPS) is 15.9. The molecule has 0 radical (unpaired) electrons. The molecule has 1 aliphatic heterocycles. The number of ether oxygens (including phenoxy) is 2. The zero-order chi connectivity index (χ0) is 29.6. The van der Waals surface area contributed by atoms with Crippen LogP contribution in [0.25, 0.3) is 11.1 Å². The third kappa shape index (κ3) is 6.44. The summed E-state index contributed by atoms with van der Waals surface area (Å²) in [7, 11) is 0. The van der Waals surface area contributed by atoms with Crippen LogP contribution in [0.4, 0.5) is 4.79 Å². The van der Waals surface area contributed by atoms with E-state index in [1.54, 1.807) is 6.92 Å². The van der Waals surface area contributed by atoms with Crippen LogP contribution >= 0.6 is 0 Å². The van der Waals surface area contributed by atoms with Crippen LogP contribution in [-0.2, 0) is 30.5 Å². The number of amides is 3. The van der Waals surface area contributed by atoms with Crippen LogP contribution < -0.4 is 5.32 Å². The lowest BCUT2D eigenvalue weighted by Gasteiger charge is -2.36. The van der Waals surface area contributed by atoms with Crippen LogP contribution in [0.1, 0.15) is 29.5 Å². The average Bonchev–Trinajstić information content (AvgIpc) is 3.32. The van der Waals surface area contributed by atoms with Crippen LogP contribution in [0.3, 0.4) is 0 Å². The van der Waals surface area contributed by atoms with Gasteiger partial charge in [0.15, 0.2) is 0 Å². The zero-order valence-electron chi connectivity index (χ0n) is 23.3. The van der Waals surface area contributed by atoms with E-state index < -0.39 is 42.6 Å². The number of nitrogens with one attached hydrogen (secondary N) is 1. The first-order valence-electron chi connectivity index (χ1n) is 13.9. The van der Waals surface area contributed by atoms with Gasteiger partial charge in [-0.3, -0.25) is 14.4 Å². The molecule has 10 heteroatoms. The van der Waals surface area contributed by atoms with Gasteiger partial charge in [0, 0.05) is 19.0 Å². The minimum atomic E-state index is -1.14. The summed E-state index contributed by atoms with van der Waals surface area (Å²) in [4.78, 5) is 52.9. The molecule has 3 aromatic rings. The number of carbonyl (C=O) groups is 4. The Hall–Kier alpha value is -4.70. The van der Waals surface area contributed by atoms with E-state index in [1.165, 1.54) is 9.80 Å². The van der Waals surface area contributed by atoms with E-state index in [2.05, 4.69) is 5.32 Å². The second-order valence-corrected chi connectivity index (χ2v) is 10.4. The molecule has 1 saturated heterocycles. The molecule has 2 N–H and O–H groups in total. The van der Waals surface area contributed by atoms with Gasteiger partial charge in [-0.1, -0.05) is 78.9 Å². The van der Waals surface area contributed by atoms with E-state index in [1.807, 2.05) is 78.9 Å². The van der Waals surface area contributed by atoms with Crippen molar-refractivity contribution in [3.8, 4) is 11.1 Å². The molecular formula is C32H33N3O7. The largest absolute Gasteiger partial charge is 0.480 e. The molecule has 1 heterocycles. The summed E-state index contributed by atoms with van der Waals surface area (Å²) in [6.45, 7) is 1.45. The van der Waals surface area contributed by atoms with Gasteiger partial charge in [-0.25, -0.2) is 4.79 Å². The molecule has 3 aromatic carbocycles. The Balaban J connectivity index is 1.27. The van der Waals surface area contributed by atoms with Gasteiger partial charge >= 0.3 is 12.1 Å². The number of aliphatic carboxylic acids is 1. The quantitative estimate of drug-likeness (QED) is 0.383. The summed E-state index contributed by atoms with van der Waals surface area (Å²) in [5.41, 5.74) is 5.23. The van der Waals surface area contributed by atoms with Crippen molar-refractivity contribution in [1.29, 1.82) is 0 Å². The first-order valence-corrected chi connectivity index (χ1v) is 13.9. The number of carboxylic acids is 1. The molecule has 0 saturated carbocycles. The van der Waals surface area contributed by atoms with E-state index in [0.717, 1.165) is 27.8 Å². The van der Waals surface area contributed by atoms with Crippen molar-refractivity contribution in [2.75, 3.05) is 32.8 Å². The van der Waals surface area contributed by atoms with Gasteiger partial charge < -0.3 is 29.7 Å². The van der Waals surface area contributed by atoms with Crippen molar-refractivity contribution in [3.05, 3.63) is 95.6 Å². The van der Waals surface area contributed by atoms with Crippen molar-refractivity contribution in [2.45, 2.75) is 31.6 Å². The Morgan fingerprint density at radius 3 is 2.17 bits per heavy atom. The molecule has 0 bridgehead atoms. The third-order valence-corrected chi connectivity index (χ3v) is 7.66. The second kappa shape index (κ2) is 12.9. The lowest BCUT2D eigenvalue weighted by atomic mass is 9.98. The highest BCUT2D eigenvalue weighted by atomic mass is 16.5. The smallest absolute Gasteiger partial charge is 0.407 e. The number of nitrogens with zero attached hydrogens (tertiary/aromatic N) is 2. The lowest BCUT2D eigenvalue weighted by Crippen LogP contribution is -2.60. The summed E-state index contributed by atoms with van der Waals surface area (Å²) < 4.78 is 11.7. The van der Waals surface area contributed by atoms with Crippen LogP contribution in [-0.4, -0.2) is 83.7 Å². The Morgan fingerprint density at radius 2 is 1.55 bits per heavy atom. The Bertz CT molecular complexity index is 1420. The monoisotopic (exact) mass is 571 g/mol. The van der Waals surface area contributed by atoms with Crippen LogP contribution in [0.15, 0.2) is 78.9 Å². The van der Waals surface area contributed by atoms with Gasteiger partial charge in [0.2, 0.25) is 11.8 Å². The highest BCUT2D eigenvalue weighted by molar-refractivity contribution is 5.91. The molecule has 3 amide bonds. The molecular weight excluding hydrogens is 538 g/mol. The summed E-state index contributed by atoms with van der Waals surface area (Å²) in [5, 5.41) is 11.7. The fourth-order valence-electron chi connectivity index (χ4n) is 5.47. The van der Waals surface area contributed by atoms with Crippen LogP contribution in [0, 0.1) is 0 Å². The number of carbonyl (C=O) groups excluding carboxylic acids is 3. The molecule has 10 nitrogen and oxygen atoms in total. The molecule has 218 valence electrons. The van der Waals surface area contributed by atoms with Crippen molar-refractivity contribution in [3.63, 3.8) is 0 Å². The predicted molar refractivity (Wildman–Crippen MR) is 153 cm³/mol. The predicted octanol–water partition coefficient (Wildman–Crippen LogP) is 3.25. The maximum Gasteiger partial charge on any atom is 0.407 e. The highest BCUT2D eigenvalue weighted by Crippen LogP contribution is 2.44. The average molecular weight is 572 g/mol. The van der Waals surface area contributed by atoms with Crippen LogP contribution in [0.5, 0.6) is 0 Å². The van der Waals surface area contributed by atoms with Crippen LogP contribution in [0.2, 0.25) is 0 Å². The fraction of sp³-hybridized carbons (Fsp3) is 0.312. The number of rotatable bonds is 10. The molecule has 0 unspecified atom stereocenters. The van der Waals surface area contributed by atoms with E-state index in [9.17, 15) is 19.2 Å². The molecule has 1 aliphatic carbocycles. The number of piperazine rings is 1. The fourth-order valence-corrected chi connectivity index (χ4v) is 5.47. The molecule has 42 heavy (non-hydrogen) atoms. The van der Waals surface area contributed by atoms with Gasteiger partial charge in [0.1, 0.15) is 19.2 Å². The Kier molecular flexibility index (Phi) is 8.83. The standard InChI is InChI=1S/C32H33N3O7/c1-21(41-19-22-9-3-2-4-10-22)30(31(39)35-16-15-34(18-29(37)38)28(36)17-35)33-32(40)42-20-27-25-13-7-5-11-23(25)24-12-6-8-14-26(24)27/h2-14,21,27,30H,15-20H2,1H3,(H,33,40)(H,37,38)/t21-,30+/m0/s1.